The predicted octanol–water partition coefficient (Wildman–Crippen LogP) is 4.60. The summed E-state index contributed by atoms with van der Waals surface area (Å²) in [4.78, 5) is 17.0. The molecule has 8 heteroatoms. The number of hydrogen-bond acceptors (Lipinski definition) is 6. The molecule has 2 N–H and O–H groups in total. The van der Waals surface area contributed by atoms with Crippen LogP contribution in [0.5, 0.6) is 23.0 Å². The van der Waals surface area contributed by atoms with Crippen LogP contribution in [0, 0.1) is 5.82 Å². The van der Waals surface area contributed by atoms with Crippen LogP contribution in [0.15, 0.2) is 60.7 Å². The highest BCUT2D eigenvalue weighted by atomic mass is 19.1. The normalized spacial score (nSPS) is 15.2. The average molecular weight is 492 g/mol. The minimum Gasteiger partial charge on any atom is -0.454 e. The van der Waals surface area contributed by atoms with E-state index in [2.05, 4.69) is 11.0 Å². The van der Waals surface area contributed by atoms with E-state index in [1.54, 1.807) is 6.07 Å². The van der Waals surface area contributed by atoms with Gasteiger partial charge >= 0.3 is 0 Å². The Labute approximate surface area is 210 Å². The van der Waals surface area contributed by atoms with E-state index in [-0.39, 0.29) is 18.4 Å². The first-order valence-electron chi connectivity index (χ1n) is 12.2. The predicted molar refractivity (Wildman–Crippen MR) is 135 cm³/mol. The van der Waals surface area contributed by atoms with Gasteiger partial charge in [-0.3, -0.25) is 9.69 Å². The van der Waals surface area contributed by atoms with Gasteiger partial charge in [0, 0.05) is 50.9 Å². The number of amides is 1. The molecule has 0 atom stereocenters. The van der Waals surface area contributed by atoms with E-state index in [0.29, 0.717) is 17.9 Å². The van der Waals surface area contributed by atoms with Gasteiger partial charge in [-0.2, -0.15) is 0 Å². The number of rotatable bonds is 8. The first-order valence-corrected chi connectivity index (χ1v) is 12.2. The molecule has 3 aromatic carbocycles. The van der Waals surface area contributed by atoms with Crippen molar-refractivity contribution in [2.45, 2.75) is 25.8 Å². The molecule has 2 aliphatic heterocycles. The first-order chi connectivity index (χ1) is 17.5. The Hall–Kier alpha value is -3.78. The summed E-state index contributed by atoms with van der Waals surface area (Å²) in [5.74, 6) is 2.00. The Kier molecular flexibility index (Phi) is 7.23. The number of benzene rings is 3. The summed E-state index contributed by atoms with van der Waals surface area (Å²) in [5.41, 5.74) is 8.23. The number of nitrogen functional groups attached to an aromatic ring is 1. The number of hydrogen-bond donors (Lipinski definition) is 1. The number of aryl methyl sites for hydroxylation is 1. The maximum atomic E-state index is 13.9. The van der Waals surface area contributed by atoms with Crippen molar-refractivity contribution in [3.63, 3.8) is 0 Å². The van der Waals surface area contributed by atoms with Gasteiger partial charge in [0.1, 0.15) is 5.75 Å². The molecule has 188 valence electrons. The molecule has 0 saturated carbocycles. The maximum Gasteiger partial charge on any atom is 0.231 e. The second kappa shape index (κ2) is 10.9. The molecule has 0 spiro atoms. The van der Waals surface area contributed by atoms with Crippen LogP contribution in [0.3, 0.4) is 0 Å². The van der Waals surface area contributed by atoms with Crippen molar-refractivity contribution in [2.75, 3.05) is 38.7 Å². The third kappa shape index (κ3) is 5.88. The van der Waals surface area contributed by atoms with Crippen LogP contribution in [0.25, 0.3) is 0 Å². The van der Waals surface area contributed by atoms with Crippen molar-refractivity contribution in [3.8, 4) is 23.0 Å². The highest BCUT2D eigenvalue weighted by Gasteiger charge is 2.21. The van der Waals surface area contributed by atoms with E-state index in [0.717, 1.165) is 62.6 Å². The number of carbonyl (C=O) groups is 1. The Morgan fingerprint density at radius 3 is 2.44 bits per heavy atom. The quantitative estimate of drug-likeness (QED) is 0.465. The van der Waals surface area contributed by atoms with Crippen molar-refractivity contribution in [2.24, 2.45) is 0 Å². The Morgan fingerprint density at radius 2 is 1.67 bits per heavy atom. The molecule has 2 heterocycles. The smallest absolute Gasteiger partial charge is 0.231 e. The lowest BCUT2D eigenvalue weighted by Gasteiger charge is -2.34. The van der Waals surface area contributed by atoms with Gasteiger partial charge in [0.25, 0.3) is 0 Å². The molecular weight excluding hydrogens is 461 g/mol. The van der Waals surface area contributed by atoms with Gasteiger partial charge in [0.15, 0.2) is 23.1 Å². The van der Waals surface area contributed by atoms with E-state index in [4.69, 9.17) is 19.9 Å². The molecule has 2 aliphatic rings. The minimum atomic E-state index is -0.494. The van der Waals surface area contributed by atoms with Crippen molar-refractivity contribution in [1.82, 2.24) is 9.80 Å². The van der Waals surface area contributed by atoms with Crippen molar-refractivity contribution in [3.05, 3.63) is 77.6 Å². The summed E-state index contributed by atoms with van der Waals surface area (Å²) < 4.78 is 30.4. The Bertz CT molecular complexity index is 1210. The summed E-state index contributed by atoms with van der Waals surface area (Å²) in [5, 5.41) is 0. The summed E-state index contributed by atoms with van der Waals surface area (Å²) in [6, 6.07) is 17.9. The number of fused-ring (bicyclic) bond motifs is 1. The molecule has 1 amide bonds. The van der Waals surface area contributed by atoms with E-state index in [1.165, 1.54) is 17.7 Å². The fourth-order valence-corrected chi connectivity index (χ4v) is 4.51. The zero-order chi connectivity index (χ0) is 24.9. The second-order valence-corrected chi connectivity index (χ2v) is 9.13. The SMILES string of the molecule is Nc1ccc(Oc2ccc(CCCC(=O)N3CCN(Cc4ccc5c(c4)OCO5)CC3)cc2)c(F)c1. The molecule has 1 fully saturated rings. The molecular formula is C28H30FN3O4. The van der Waals surface area contributed by atoms with Gasteiger partial charge in [-0.1, -0.05) is 18.2 Å². The Balaban J connectivity index is 1.03. The van der Waals surface area contributed by atoms with Crippen molar-refractivity contribution in [1.29, 1.82) is 0 Å². The fraction of sp³-hybridized carbons (Fsp3) is 0.321. The summed E-state index contributed by atoms with van der Waals surface area (Å²) in [6.07, 6.45) is 2.10. The number of nitrogens with zero attached hydrogens (tertiary/aromatic N) is 2. The van der Waals surface area contributed by atoms with E-state index < -0.39 is 5.82 Å². The van der Waals surface area contributed by atoms with Crippen LogP contribution in [0.1, 0.15) is 24.0 Å². The second-order valence-electron chi connectivity index (χ2n) is 9.13. The summed E-state index contributed by atoms with van der Waals surface area (Å²) in [7, 11) is 0. The molecule has 0 aromatic heterocycles. The number of anilines is 1. The number of carbonyl (C=O) groups excluding carboxylic acids is 1. The monoisotopic (exact) mass is 491 g/mol. The van der Waals surface area contributed by atoms with E-state index in [1.807, 2.05) is 41.3 Å². The van der Waals surface area contributed by atoms with Crippen LogP contribution in [0.4, 0.5) is 10.1 Å². The summed E-state index contributed by atoms with van der Waals surface area (Å²) in [6.45, 7) is 4.33. The summed E-state index contributed by atoms with van der Waals surface area (Å²) >= 11 is 0. The molecule has 0 aliphatic carbocycles. The third-order valence-corrected chi connectivity index (χ3v) is 6.53. The fourth-order valence-electron chi connectivity index (χ4n) is 4.51. The van der Waals surface area contributed by atoms with Crippen molar-refractivity contribution >= 4 is 11.6 Å². The van der Waals surface area contributed by atoms with Gasteiger partial charge in [-0.15, -0.1) is 0 Å². The molecule has 36 heavy (non-hydrogen) atoms. The van der Waals surface area contributed by atoms with E-state index in [9.17, 15) is 9.18 Å². The van der Waals surface area contributed by atoms with Crippen LogP contribution >= 0.6 is 0 Å². The van der Waals surface area contributed by atoms with Gasteiger partial charge in [-0.05, 0) is 60.4 Å². The van der Waals surface area contributed by atoms with Crippen LogP contribution in [-0.4, -0.2) is 48.7 Å². The van der Waals surface area contributed by atoms with Crippen molar-refractivity contribution < 1.29 is 23.4 Å². The van der Waals surface area contributed by atoms with Gasteiger partial charge in [0.2, 0.25) is 12.7 Å². The maximum absolute atomic E-state index is 13.9. The lowest BCUT2D eigenvalue weighted by molar-refractivity contribution is -0.133. The molecule has 1 saturated heterocycles. The highest BCUT2D eigenvalue weighted by molar-refractivity contribution is 5.76. The van der Waals surface area contributed by atoms with Crippen LogP contribution in [-0.2, 0) is 17.8 Å². The number of ether oxygens (including phenoxy) is 3. The largest absolute Gasteiger partial charge is 0.454 e. The number of halogens is 1. The standard InChI is InChI=1S/C28H30FN3O4/c29-24-17-22(30)7-11-25(24)36-23-8-4-20(5-9-23)2-1-3-28(33)32-14-12-31(13-15-32)18-21-6-10-26-27(16-21)35-19-34-26/h4-11,16-17H,1-3,12-15,18-19,30H2. The number of nitrogens with two attached hydrogens (primary N) is 1. The zero-order valence-electron chi connectivity index (χ0n) is 20.1. The third-order valence-electron chi connectivity index (χ3n) is 6.53. The lowest BCUT2D eigenvalue weighted by atomic mass is 10.1. The Morgan fingerprint density at radius 1 is 0.917 bits per heavy atom. The van der Waals surface area contributed by atoms with Crippen LogP contribution in [0.2, 0.25) is 0 Å². The van der Waals surface area contributed by atoms with Crippen LogP contribution < -0.4 is 19.9 Å². The van der Waals surface area contributed by atoms with Gasteiger partial charge < -0.3 is 24.8 Å². The van der Waals surface area contributed by atoms with E-state index >= 15 is 0 Å². The average Bonchev–Trinajstić information content (AvgIpc) is 3.35. The molecule has 7 nitrogen and oxygen atoms in total. The van der Waals surface area contributed by atoms with Gasteiger partial charge in [0.05, 0.1) is 0 Å². The molecule has 3 aromatic rings. The first kappa shape index (κ1) is 23.9. The highest BCUT2D eigenvalue weighted by Crippen LogP contribution is 2.33. The molecule has 0 radical (unpaired) electrons. The zero-order valence-corrected chi connectivity index (χ0v) is 20.1. The topological polar surface area (TPSA) is 77.3 Å². The molecule has 0 bridgehead atoms. The van der Waals surface area contributed by atoms with Gasteiger partial charge in [-0.25, -0.2) is 4.39 Å². The number of piperazine rings is 1. The minimum absolute atomic E-state index is 0.138. The lowest BCUT2D eigenvalue weighted by Crippen LogP contribution is -2.48. The molecule has 5 rings (SSSR count). The molecule has 0 unspecified atom stereocenters.